The molecule has 0 fully saturated rings. The molecule has 0 aliphatic rings. The second-order valence-corrected chi connectivity index (χ2v) is 9.28. The van der Waals surface area contributed by atoms with E-state index in [-0.39, 0.29) is 31.8 Å². The van der Waals surface area contributed by atoms with Crippen molar-refractivity contribution >= 4 is 47.4 Å². The molecule has 244 valence electrons. The van der Waals surface area contributed by atoms with Crippen LogP contribution in [0.5, 0.6) is 0 Å². The Morgan fingerprint density at radius 2 is 1.19 bits per heavy atom. The van der Waals surface area contributed by atoms with Gasteiger partial charge in [0.05, 0.1) is 26.3 Å². The Bertz CT molecular complexity index is 1000. The number of carbonyl (C=O) groups is 7. The third-order valence-corrected chi connectivity index (χ3v) is 5.63. The van der Waals surface area contributed by atoms with Gasteiger partial charge in [0.25, 0.3) is 0 Å². The van der Waals surface area contributed by atoms with Gasteiger partial charge >= 0.3 is 5.97 Å². The number of rotatable bonds is 21. The number of aliphatic imine (C=N–C) groups is 1. The number of carboxylic acids is 1. The SMILES string of the molecule is CCCC[C@H](NC(=O)[C@H](CO)NC(=O)[C@H](CCCN=C(N)N)NC(=O)CNC(=O)[C@H](CO)NC(=O)CNC(C)=O)C(=O)O. The lowest BCUT2D eigenvalue weighted by Gasteiger charge is -2.23. The number of aliphatic hydroxyl groups is 2. The van der Waals surface area contributed by atoms with E-state index in [2.05, 4.69) is 36.9 Å². The average molecular weight is 618 g/mol. The minimum absolute atomic E-state index is 0.0468. The summed E-state index contributed by atoms with van der Waals surface area (Å²) in [4.78, 5) is 88.4. The summed E-state index contributed by atoms with van der Waals surface area (Å²) in [5, 5.41) is 41.9. The lowest BCUT2D eigenvalue weighted by atomic mass is 10.1. The highest BCUT2D eigenvalue weighted by molar-refractivity contribution is 5.95. The molecule has 0 aromatic heterocycles. The van der Waals surface area contributed by atoms with Crippen molar-refractivity contribution in [2.24, 2.45) is 16.5 Å². The molecule has 6 amide bonds. The lowest BCUT2D eigenvalue weighted by Crippen LogP contribution is -2.58. The van der Waals surface area contributed by atoms with Crippen LogP contribution in [0.2, 0.25) is 0 Å². The van der Waals surface area contributed by atoms with Crippen molar-refractivity contribution in [3.05, 3.63) is 0 Å². The summed E-state index contributed by atoms with van der Waals surface area (Å²) < 4.78 is 0. The smallest absolute Gasteiger partial charge is 0.326 e. The maximum atomic E-state index is 13.0. The van der Waals surface area contributed by atoms with Gasteiger partial charge in [-0.3, -0.25) is 33.8 Å². The molecule has 0 saturated carbocycles. The van der Waals surface area contributed by atoms with E-state index in [4.69, 9.17) is 11.5 Å². The maximum absolute atomic E-state index is 13.0. The number of unbranched alkanes of at least 4 members (excludes halogenated alkanes) is 1. The second kappa shape index (κ2) is 21.2. The van der Waals surface area contributed by atoms with Gasteiger partial charge < -0.3 is 58.7 Å². The van der Waals surface area contributed by atoms with Gasteiger partial charge in [-0.15, -0.1) is 0 Å². The van der Waals surface area contributed by atoms with E-state index in [9.17, 15) is 48.9 Å². The molecule has 0 aliphatic heterocycles. The Kier molecular flexibility index (Phi) is 19.0. The zero-order valence-corrected chi connectivity index (χ0v) is 24.2. The highest BCUT2D eigenvalue weighted by atomic mass is 16.4. The number of carboxylic acid groups (broad SMARTS) is 1. The molecule has 43 heavy (non-hydrogen) atoms. The van der Waals surface area contributed by atoms with Crippen molar-refractivity contribution in [1.82, 2.24) is 31.9 Å². The Morgan fingerprint density at radius 1 is 0.698 bits per heavy atom. The lowest BCUT2D eigenvalue weighted by molar-refractivity contribution is -0.142. The predicted molar refractivity (Wildman–Crippen MR) is 151 cm³/mol. The highest BCUT2D eigenvalue weighted by Gasteiger charge is 2.29. The molecular formula is C24H43N9O10. The molecule has 19 heteroatoms. The van der Waals surface area contributed by atoms with Crippen LogP contribution >= 0.6 is 0 Å². The molecule has 19 nitrogen and oxygen atoms in total. The molecule has 0 aromatic carbocycles. The largest absolute Gasteiger partial charge is 0.480 e. The van der Waals surface area contributed by atoms with Gasteiger partial charge in [0.2, 0.25) is 35.4 Å². The van der Waals surface area contributed by atoms with E-state index in [0.717, 1.165) is 0 Å². The fourth-order valence-electron chi connectivity index (χ4n) is 3.36. The van der Waals surface area contributed by atoms with Gasteiger partial charge in [0, 0.05) is 13.5 Å². The number of hydrogen-bond donors (Lipinski definition) is 11. The molecule has 0 unspecified atom stereocenters. The number of nitrogens with zero attached hydrogens (tertiary/aromatic N) is 1. The van der Waals surface area contributed by atoms with Crippen molar-refractivity contribution in [2.75, 3.05) is 32.8 Å². The Morgan fingerprint density at radius 3 is 1.70 bits per heavy atom. The number of aliphatic carboxylic acids is 1. The number of amides is 6. The molecule has 4 atom stereocenters. The van der Waals surface area contributed by atoms with Crippen LogP contribution in [0.25, 0.3) is 0 Å². The quantitative estimate of drug-likeness (QED) is 0.0326. The summed E-state index contributed by atoms with van der Waals surface area (Å²) in [6.45, 7) is 0.272. The monoisotopic (exact) mass is 617 g/mol. The van der Waals surface area contributed by atoms with Gasteiger partial charge in [-0.1, -0.05) is 19.8 Å². The van der Waals surface area contributed by atoms with Crippen LogP contribution in [0.4, 0.5) is 0 Å². The molecule has 0 spiro atoms. The fraction of sp³-hybridized carbons (Fsp3) is 0.667. The zero-order valence-electron chi connectivity index (χ0n) is 24.2. The fourth-order valence-corrected chi connectivity index (χ4v) is 3.36. The first-order valence-electron chi connectivity index (χ1n) is 13.5. The molecule has 0 aliphatic carbocycles. The molecule has 0 heterocycles. The van der Waals surface area contributed by atoms with Crippen LogP contribution in [0, 0.1) is 0 Å². The van der Waals surface area contributed by atoms with Gasteiger partial charge in [-0.25, -0.2) is 4.79 Å². The van der Waals surface area contributed by atoms with E-state index in [1.807, 2.05) is 6.92 Å². The van der Waals surface area contributed by atoms with Gasteiger partial charge in [-0.05, 0) is 19.3 Å². The average Bonchev–Trinajstić information content (AvgIpc) is 2.95. The highest BCUT2D eigenvalue weighted by Crippen LogP contribution is 2.03. The summed E-state index contributed by atoms with van der Waals surface area (Å²) in [5.41, 5.74) is 10.6. The predicted octanol–water partition coefficient (Wildman–Crippen LogP) is -5.51. The third-order valence-electron chi connectivity index (χ3n) is 5.63. The van der Waals surface area contributed by atoms with Crippen LogP contribution in [0.3, 0.4) is 0 Å². The van der Waals surface area contributed by atoms with Crippen molar-refractivity contribution in [2.45, 2.75) is 70.1 Å². The van der Waals surface area contributed by atoms with E-state index in [0.29, 0.717) is 12.8 Å². The molecule has 13 N–H and O–H groups in total. The second-order valence-electron chi connectivity index (χ2n) is 9.28. The van der Waals surface area contributed by atoms with Crippen LogP contribution < -0.4 is 43.4 Å². The minimum atomic E-state index is -1.54. The Hall–Kier alpha value is -4.52. The van der Waals surface area contributed by atoms with Gasteiger partial charge in [0.1, 0.15) is 24.2 Å². The number of guanidine groups is 1. The van der Waals surface area contributed by atoms with Crippen LogP contribution in [0.15, 0.2) is 4.99 Å². The van der Waals surface area contributed by atoms with Crippen molar-refractivity contribution in [3.63, 3.8) is 0 Å². The number of nitrogens with two attached hydrogens (primary N) is 2. The summed E-state index contributed by atoms with van der Waals surface area (Å²) >= 11 is 0. The Labute approximate surface area is 248 Å². The van der Waals surface area contributed by atoms with E-state index >= 15 is 0 Å². The first-order chi connectivity index (χ1) is 20.2. The normalized spacial score (nSPS) is 13.2. The van der Waals surface area contributed by atoms with Crippen LogP contribution in [0.1, 0.15) is 46.0 Å². The molecule has 0 bridgehead atoms. The Balaban J connectivity index is 5.36. The molecule has 0 rings (SSSR count). The number of nitrogens with one attached hydrogen (secondary N) is 6. The summed E-state index contributed by atoms with van der Waals surface area (Å²) in [6.07, 6.45) is 1.46. The van der Waals surface area contributed by atoms with E-state index in [1.54, 1.807) is 0 Å². The number of carbonyl (C=O) groups excluding carboxylic acids is 6. The van der Waals surface area contributed by atoms with Crippen molar-refractivity contribution in [1.29, 1.82) is 0 Å². The van der Waals surface area contributed by atoms with Gasteiger partial charge in [-0.2, -0.15) is 0 Å². The minimum Gasteiger partial charge on any atom is -0.480 e. The molecule has 0 saturated heterocycles. The van der Waals surface area contributed by atoms with E-state index in [1.165, 1.54) is 6.92 Å². The van der Waals surface area contributed by atoms with E-state index < -0.39 is 91.9 Å². The molecular weight excluding hydrogens is 574 g/mol. The topological polar surface area (TPSA) is 317 Å². The van der Waals surface area contributed by atoms with Crippen molar-refractivity contribution < 1.29 is 48.9 Å². The number of hydrogen-bond acceptors (Lipinski definition) is 10. The van der Waals surface area contributed by atoms with Crippen LogP contribution in [-0.4, -0.2) is 120 Å². The first kappa shape index (κ1) is 38.5. The zero-order chi connectivity index (χ0) is 32.9. The third kappa shape index (κ3) is 17.1. The summed E-state index contributed by atoms with van der Waals surface area (Å²) in [5.74, 6) is -6.41. The van der Waals surface area contributed by atoms with Crippen molar-refractivity contribution in [3.8, 4) is 0 Å². The maximum Gasteiger partial charge on any atom is 0.326 e. The van der Waals surface area contributed by atoms with Crippen LogP contribution in [-0.2, 0) is 33.6 Å². The number of aliphatic hydroxyl groups excluding tert-OH is 2. The molecule has 0 aromatic rings. The standard InChI is InChI=1S/C24H43N9O10/c1-3-4-6-15(23(42)43)32-22(41)17(12-35)33-21(40)14(7-5-8-27-24(25)26)30-19(38)10-29-20(39)16(11-34)31-18(37)9-28-13(2)36/h14-17,34-35H,3-12H2,1-2H3,(H,28,36)(H,29,39)(H,30,38)(H,31,37)(H,32,41)(H,33,40)(H,42,43)(H4,25,26,27)/t14-,15-,16-,17-/m0/s1. The first-order valence-corrected chi connectivity index (χ1v) is 13.5. The summed E-state index contributed by atoms with van der Waals surface area (Å²) in [6, 6.07) is -5.53. The molecule has 0 radical (unpaired) electrons. The summed E-state index contributed by atoms with van der Waals surface area (Å²) in [7, 11) is 0. The van der Waals surface area contributed by atoms with Gasteiger partial charge in [0.15, 0.2) is 5.96 Å².